The van der Waals surface area contributed by atoms with E-state index >= 15 is 0 Å². The Labute approximate surface area is 179 Å². The third-order valence-electron chi connectivity index (χ3n) is 6.93. The smallest absolute Gasteiger partial charge is 0.264 e. The summed E-state index contributed by atoms with van der Waals surface area (Å²) in [7, 11) is 0. The molecule has 4 unspecified atom stereocenters. The van der Waals surface area contributed by atoms with Crippen LogP contribution in [0.25, 0.3) is 0 Å². The van der Waals surface area contributed by atoms with Crippen molar-refractivity contribution in [3.05, 3.63) is 22.4 Å². The second-order valence-corrected chi connectivity index (χ2v) is 9.70. The van der Waals surface area contributed by atoms with E-state index in [0.29, 0.717) is 30.8 Å². The molecule has 2 N–H and O–H groups in total. The average Bonchev–Trinajstić information content (AvgIpc) is 3.53. The van der Waals surface area contributed by atoms with E-state index in [4.69, 9.17) is 0 Å². The number of nitrogens with zero attached hydrogens (tertiary/aromatic N) is 2. The maximum atomic E-state index is 13.5. The summed E-state index contributed by atoms with van der Waals surface area (Å²) in [5.41, 5.74) is 0. The van der Waals surface area contributed by atoms with Crippen LogP contribution in [-0.4, -0.2) is 70.7 Å². The number of rotatable bonds is 3. The maximum Gasteiger partial charge on any atom is 0.264 e. The summed E-state index contributed by atoms with van der Waals surface area (Å²) < 4.78 is 0. The Bertz CT molecular complexity index is 866. The van der Waals surface area contributed by atoms with Gasteiger partial charge < -0.3 is 20.4 Å². The van der Waals surface area contributed by atoms with Gasteiger partial charge >= 0.3 is 0 Å². The van der Waals surface area contributed by atoms with Crippen molar-refractivity contribution in [3.8, 4) is 0 Å². The van der Waals surface area contributed by atoms with Crippen molar-refractivity contribution in [1.82, 2.24) is 20.4 Å². The molecule has 4 fully saturated rings. The van der Waals surface area contributed by atoms with E-state index in [9.17, 15) is 19.2 Å². The highest BCUT2D eigenvalue weighted by molar-refractivity contribution is 7.12. The second-order valence-electron chi connectivity index (χ2n) is 8.75. The summed E-state index contributed by atoms with van der Waals surface area (Å²) in [4.78, 5) is 55.6. The van der Waals surface area contributed by atoms with Crippen LogP contribution in [0.2, 0.25) is 0 Å². The molecule has 8 nitrogen and oxygen atoms in total. The molecule has 4 aliphatic rings. The van der Waals surface area contributed by atoms with Crippen molar-refractivity contribution in [3.63, 3.8) is 0 Å². The summed E-state index contributed by atoms with van der Waals surface area (Å²) in [6.07, 6.45) is 4.98. The lowest BCUT2D eigenvalue weighted by Gasteiger charge is -2.29. The van der Waals surface area contributed by atoms with E-state index in [1.54, 1.807) is 15.9 Å². The minimum atomic E-state index is -0.683. The maximum absolute atomic E-state index is 13.5. The van der Waals surface area contributed by atoms with Crippen LogP contribution < -0.4 is 10.6 Å². The normalized spacial score (nSPS) is 31.3. The molecule has 0 bridgehead atoms. The monoisotopic (exact) mass is 430 g/mol. The zero-order valence-electron chi connectivity index (χ0n) is 16.7. The lowest BCUT2D eigenvalue weighted by molar-refractivity contribution is -0.138. The molecule has 5 rings (SSSR count). The van der Waals surface area contributed by atoms with E-state index < -0.39 is 12.1 Å². The molecule has 0 aromatic carbocycles. The molecule has 1 aromatic heterocycles. The van der Waals surface area contributed by atoms with Gasteiger partial charge in [-0.2, -0.15) is 0 Å². The number of hydrogen-bond donors (Lipinski definition) is 2. The van der Waals surface area contributed by atoms with E-state index in [-0.39, 0.29) is 41.6 Å². The summed E-state index contributed by atoms with van der Waals surface area (Å²) >= 11 is 1.35. The van der Waals surface area contributed by atoms with Crippen LogP contribution in [0.4, 0.5) is 0 Å². The topological polar surface area (TPSA) is 98.8 Å². The number of thiophene rings is 1. The molecule has 1 saturated carbocycles. The summed E-state index contributed by atoms with van der Waals surface area (Å²) in [5.74, 6) is -0.449. The summed E-state index contributed by atoms with van der Waals surface area (Å²) in [5, 5.41) is 7.90. The molecule has 3 saturated heterocycles. The number of nitrogens with one attached hydrogen (secondary N) is 2. The van der Waals surface area contributed by atoms with Gasteiger partial charge in [0.15, 0.2) is 0 Å². The fourth-order valence-corrected chi connectivity index (χ4v) is 6.09. The largest absolute Gasteiger partial charge is 0.351 e. The predicted octanol–water partition coefficient (Wildman–Crippen LogP) is 0.737. The fraction of sp³-hybridized carbons (Fsp3) is 0.619. The molecule has 1 aliphatic carbocycles. The molecule has 4 heterocycles. The van der Waals surface area contributed by atoms with Crippen LogP contribution in [0.15, 0.2) is 17.5 Å². The first-order valence-corrected chi connectivity index (χ1v) is 11.7. The second kappa shape index (κ2) is 7.68. The van der Waals surface area contributed by atoms with Gasteiger partial charge in [0.05, 0.1) is 10.9 Å². The quantitative estimate of drug-likeness (QED) is 0.739. The average molecular weight is 431 g/mol. The Kier molecular flexibility index (Phi) is 5.00. The van der Waals surface area contributed by atoms with Gasteiger partial charge in [-0.05, 0) is 37.1 Å². The van der Waals surface area contributed by atoms with Gasteiger partial charge in [0.1, 0.15) is 12.1 Å². The zero-order valence-corrected chi connectivity index (χ0v) is 17.5. The minimum absolute atomic E-state index is 0.0382. The van der Waals surface area contributed by atoms with Crippen LogP contribution in [0, 0.1) is 5.92 Å². The Balaban J connectivity index is 1.33. The van der Waals surface area contributed by atoms with E-state index in [0.717, 1.165) is 25.7 Å². The molecule has 4 amide bonds. The van der Waals surface area contributed by atoms with Gasteiger partial charge in [-0.15, -0.1) is 11.3 Å². The van der Waals surface area contributed by atoms with Gasteiger partial charge in [0.25, 0.3) is 5.91 Å². The van der Waals surface area contributed by atoms with Gasteiger partial charge in [-0.25, -0.2) is 0 Å². The molecule has 0 radical (unpaired) electrons. The number of fused-ring (bicyclic) bond motifs is 2. The first-order valence-electron chi connectivity index (χ1n) is 10.8. The molecular weight excluding hydrogens is 404 g/mol. The van der Waals surface area contributed by atoms with Crippen molar-refractivity contribution in [2.75, 3.05) is 13.1 Å². The van der Waals surface area contributed by atoms with Crippen LogP contribution in [-0.2, 0) is 14.4 Å². The third-order valence-corrected chi connectivity index (χ3v) is 7.79. The predicted molar refractivity (Wildman–Crippen MR) is 110 cm³/mol. The lowest BCUT2D eigenvalue weighted by Crippen LogP contribution is -2.52. The molecule has 160 valence electrons. The van der Waals surface area contributed by atoms with Crippen LogP contribution >= 0.6 is 11.3 Å². The number of carbonyl (C=O) groups excluding carboxylic acids is 4. The van der Waals surface area contributed by atoms with E-state index in [1.807, 2.05) is 11.4 Å². The van der Waals surface area contributed by atoms with Gasteiger partial charge in [0, 0.05) is 25.0 Å². The molecule has 4 atom stereocenters. The van der Waals surface area contributed by atoms with Crippen LogP contribution in [0.1, 0.15) is 48.2 Å². The van der Waals surface area contributed by atoms with Crippen molar-refractivity contribution in [1.29, 1.82) is 0 Å². The SMILES string of the molecule is O=C(NC1CC2C(=O)NC3CCN(C(=O)c4cccs4)C3C(=O)N2C1)C1CCCC1. The molecule has 1 aromatic rings. The van der Waals surface area contributed by atoms with Gasteiger partial charge in [0.2, 0.25) is 17.7 Å². The van der Waals surface area contributed by atoms with Crippen LogP contribution in [0.3, 0.4) is 0 Å². The summed E-state index contributed by atoms with van der Waals surface area (Å²) in [6, 6.07) is 1.72. The first-order chi connectivity index (χ1) is 14.5. The van der Waals surface area contributed by atoms with Gasteiger partial charge in [-0.1, -0.05) is 18.9 Å². The zero-order chi connectivity index (χ0) is 20.8. The van der Waals surface area contributed by atoms with E-state index in [2.05, 4.69) is 10.6 Å². The lowest BCUT2D eigenvalue weighted by atomic mass is 10.1. The van der Waals surface area contributed by atoms with Crippen LogP contribution in [0.5, 0.6) is 0 Å². The molecule has 9 heteroatoms. The Morgan fingerprint density at radius 2 is 1.97 bits per heavy atom. The number of amides is 4. The molecule has 3 aliphatic heterocycles. The Morgan fingerprint density at radius 3 is 2.70 bits per heavy atom. The highest BCUT2D eigenvalue weighted by Gasteiger charge is 2.52. The molecule has 0 spiro atoms. The number of hydrogen-bond acceptors (Lipinski definition) is 5. The van der Waals surface area contributed by atoms with Crippen molar-refractivity contribution in [2.45, 2.75) is 62.7 Å². The van der Waals surface area contributed by atoms with E-state index in [1.165, 1.54) is 11.3 Å². The highest BCUT2D eigenvalue weighted by Crippen LogP contribution is 2.31. The molecule has 30 heavy (non-hydrogen) atoms. The summed E-state index contributed by atoms with van der Waals surface area (Å²) in [6.45, 7) is 0.762. The first kappa shape index (κ1) is 19.5. The number of likely N-dealkylation sites (tertiary alicyclic amines) is 1. The van der Waals surface area contributed by atoms with Crippen molar-refractivity contribution >= 4 is 35.0 Å². The highest BCUT2D eigenvalue weighted by atomic mass is 32.1. The third kappa shape index (κ3) is 3.29. The van der Waals surface area contributed by atoms with Gasteiger partial charge in [-0.3, -0.25) is 19.2 Å². The minimum Gasteiger partial charge on any atom is -0.351 e. The van der Waals surface area contributed by atoms with Crippen molar-refractivity contribution < 1.29 is 19.2 Å². The number of carbonyl (C=O) groups is 4. The Morgan fingerprint density at radius 1 is 1.17 bits per heavy atom. The Hall–Kier alpha value is -2.42. The standard InChI is InChI=1S/C21H26N4O4S/c26-18(12-4-1-2-5-12)22-13-10-15-19(27)23-14-7-8-24(17(14)21(29)25(15)11-13)20(28)16-6-3-9-30-16/h3,6,9,12-15,17H,1-2,4-5,7-8,10-11H2,(H,22,26)(H,23,27). The molecular formula is C21H26N4O4S. The fourth-order valence-electron chi connectivity index (χ4n) is 5.41. The van der Waals surface area contributed by atoms with Crippen molar-refractivity contribution in [2.24, 2.45) is 5.92 Å².